The molecule has 330 valence electrons. The molecule has 0 aliphatic rings. The average molecular weight is 917 g/mol. The molecule has 12 aromatic rings. The van der Waals surface area contributed by atoms with Crippen molar-refractivity contribution < 1.29 is 43.9 Å². The van der Waals surface area contributed by atoms with E-state index in [-0.39, 0.29) is 33.2 Å². The Hall–Kier alpha value is -8.38. The first-order chi connectivity index (χ1) is 33.0. The topological polar surface area (TPSA) is 9.86 Å². The molecule has 0 aliphatic heterocycles. The second-order valence-corrected chi connectivity index (χ2v) is 16.4. The summed E-state index contributed by atoms with van der Waals surface area (Å²) in [5, 5.41) is 3.19. The Labute approximate surface area is 378 Å². The summed E-state index contributed by atoms with van der Waals surface area (Å²) >= 11 is 0. The van der Waals surface area contributed by atoms with Crippen molar-refractivity contribution in [1.82, 2.24) is 9.13 Å². The predicted octanol–water partition coefficient (Wildman–Crippen LogP) is 16.5. The van der Waals surface area contributed by atoms with Gasteiger partial charge in [-0.2, -0.15) is 0 Å². The molecule has 2 nitrogen and oxygen atoms in total. The van der Waals surface area contributed by atoms with Crippen LogP contribution in [0.25, 0.3) is 110 Å². The van der Waals surface area contributed by atoms with E-state index in [2.05, 4.69) is 0 Å². The van der Waals surface area contributed by atoms with E-state index < -0.39 is 69.5 Å². The Morgan fingerprint density at radius 1 is 0.265 bits per heavy atom. The van der Waals surface area contributed by atoms with E-state index >= 15 is 35.1 Å². The highest BCUT2D eigenvalue weighted by atomic mass is 19.2. The maximum absolute atomic E-state index is 16.5. The Kier molecular flexibility index (Phi) is 9.11. The summed E-state index contributed by atoms with van der Waals surface area (Å²) in [5.41, 5.74) is 0.515. The molecule has 0 spiro atoms. The van der Waals surface area contributed by atoms with Crippen LogP contribution in [0, 0.1) is 58.2 Å². The van der Waals surface area contributed by atoms with Crippen molar-refractivity contribution in [2.75, 3.05) is 0 Å². The van der Waals surface area contributed by atoms with E-state index in [1.807, 2.05) is 0 Å². The van der Waals surface area contributed by atoms with E-state index in [1.165, 1.54) is 0 Å². The molecule has 0 bridgehead atoms. The minimum absolute atomic E-state index is 0.0537. The molecule has 0 amide bonds. The molecule has 68 heavy (non-hydrogen) atoms. The molecule has 12 heteroatoms. The Balaban J connectivity index is 1.34. The number of halogens is 10. The standard InChI is InChI=1S/C56H26F10N2/c57-41-43(59)47(63)55(48(64)44(41)60)67-51(29-17-9-3-10-18-29)39(27-13-5-1-6-14-27)35-25-31-21-24-34-38-32(22-23-33(37(31)38)53(35)67)26-36-40(28-15-7-2-8-16-28)52(30-19-11-4-12-20-30)68(54(34)36)56-49(65)45(61)42(58)46(62)50(56)66/h1-26H. The highest BCUT2D eigenvalue weighted by Crippen LogP contribution is 2.52. The molecule has 0 radical (unpaired) electrons. The maximum atomic E-state index is 16.5. The number of aromatic nitrogens is 2. The molecule has 0 atom stereocenters. The third-order valence-electron chi connectivity index (χ3n) is 12.8. The zero-order valence-electron chi connectivity index (χ0n) is 34.7. The maximum Gasteiger partial charge on any atom is 0.200 e. The minimum Gasteiger partial charge on any atom is -0.303 e. The van der Waals surface area contributed by atoms with Gasteiger partial charge in [-0.05, 0) is 55.9 Å². The van der Waals surface area contributed by atoms with Gasteiger partial charge in [0.2, 0.25) is 11.6 Å². The van der Waals surface area contributed by atoms with Crippen LogP contribution in [0.4, 0.5) is 43.9 Å². The molecule has 0 N–H and O–H groups in total. The zero-order valence-corrected chi connectivity index (χ0v) is 34.7. The van der Waals surface area contributed by atoms with Crippen molar-refractivity contribution in [2.45, 2.75) is 0 Å². The molecular formula is C56H26F10N2. The second-order valence-electron chi connectivity index (χ2n) is 16.4. The van der Waals surface area contributed by atoms with Crippen molar-refractivity contribution in [1.29, 1.82) is 0 Å². The third-order valence-corrected chi connectivity index (χ3v) is 12.8. The number of nitrogens with zero attached hydrogens (tertiary/aromatic N) is 2. The summed E-state index contributed by atoms with van der Waals surface area (Å²) in [6.07, 6.45) is 0. The number of fused-ring (bicyclic) bond motifs is 4. The van der Waals surface area contributed by atoms with E-state index in [0.29, 0.717) is 65.7 Å². The number of benzene rings is 10. The molecule has 0 saturated heterocycles. The van der Waals surface area contributed by atoms with Crippen LogP contribution < -0.4 is 0 Å². The molecular weight excluding hydrogens is 891 g/mol. The van der Waals surface area contributed by atoms with Crippen LogP contribution >= 0.6 is 0 Å². The average Bonchev–Trinajstić information content (AvgIpc) is 3.89. The quantitative estimate of drug-likeness (QED) is 0.0681. The number of rotatable bonds is 6. The molecule has 12 rings (SSSR count). The van der Waals surface area contributed by atoms with Crippen molar-refractivity contribution in [3.05, 3.63) is 216 Å². The Morgan fingerprint density at radius 2 is 0.544 bits per heavy atom. The Bertz CT molecular complexity index is 3730. The monoisotopic (exact) mass is 916 g/mol. The van der Waals surface area contributed by atoms with Gasteiger partial charge in [0.25, 0.3) is 0 Å². The summed E-state index contributed by atoms with van der Waals surface area (Å²) in [4.78, 5) is 0. The summed E-state index contributed by atoms with van der Waals surface area (Å²) < 4.78 is 159. The molecule has 0 saturated carbocycles. The van der Waals surface area contributed by atoms with E-state index in [9.17, 15) is 8.78 Å². The molecule has 2 aromatic heterocycles. The van der Waals surface area contributed by atoms with Gasteiger partial charge in [0, 0.05) is 32.7 Å². The summed E-state index contributed by atoms with van der Waals surface area (Å²) in [5.74, 6) is -21.6. The number of hydrogen-bond donors (Lipinski definition) is 0. The van der Waals surface area contributed by atoms with Gasteiger partial charge in [0.05, 0.1) is 22.4 Å². The zero-order chi connectivity index (χ0) is 46.9. The van der Waals surface area contributed by atoms with E-state index in [0.717, 1.165) is 9.13 Å². The highest BCUT2D eigenvalue weighted by molar-refractivity contribution is 6.35. The van der Waals surface area contributed by atoms with Crippen LogP contribution in [0.1, 0.15) is 0 Å². The lowest BCUT2D eigenvalue weighted by molar-refractivity contribution is 0.376. The molecule has 0 fully saturated rings. The lowest BCUT2D eigenvalue weighted by Crippen LogP contribution is -2.11. The van der Waals surface area contributed by atoms with Crippen molar-refractivity contribution in [3.8, 4) is 56.1 Å². The fourth-order valence-electron chi connectivity index (χ4n) is 10.0. The number of hydrogen-bond acceptors (Lipinski definition) is 0. The van der Waals surface area contributed by atoms with Crippen LogP contribution in [-0.4, -0.2) is 9.13 Å². The first-order valence-electron chi connectivity index (χ1n) is 21.1. The first kappa shape index (κ1) is 41.1. The van der Waals surface area contributed by atoms with Gasteiger partial charge < -0.3 is 9.13 Å². The highest BCUT2D eigenvalue weighted by Gasteiger charge is 2.35. The van der Waals surface area contributed by atoms with Gasteiger partial charge in [-0.3, -0.25) is 0 Å². The summed E-state index contributed by atoms with van der Waals surface area (Å²) in [6, 6.07) is 44.5. The van der Waals surface area contributed by atoms with Crippen LogP contribution in [0.15, 0.2) is 158 Å². The lowest BCUT2D eigenvalue weighted by Gasteiger charge is -2.19. The largest absolute Gasteiger partial charge is 0.303 e. The van der Waals surface area contributed by atoms with E-state index in [4.69, 9.17) is 0 Å². The third kappa shape index (κ3) is 5.60. The first-order valence-corrected chi connectivity index (χ1v) is 21.1. The molecule has 0 unspecified atom stereocenters. The minimum atomic E-state index is -2.34. The Morgan fingerprint density at radius 3 is 0.853 bits per heavy atom. The smallest absolute Gasteiger partial charge is 0.200 e. The predicted molar refractivity (Wildman–Crippen MR) is 245 cm³/mol. The van der Waals surface area contributed by atoms with Crippen molar-refractivity contribution in [3.63, 3.8) is 0 Å². The van der Waals surface area contributed by atoms with Gasteiger partial charge >= 0.3 is 0 Å². The van der Waals surface area contributed by atoms with Gasteiger partial charge in [-0.1, -0.05) is 146 Å². The normalized spacial score (nSPS) is 12.0. The van der Waals surface area contributed by atoms with Gasteiger partial charge in [-0.15, -0.1) is 0 Å². The molecule has 0 aliphatic carbocycles. The van der Waals surface area contributed by atoms with Crippen LogP contribution in [0.3, 0.4) is 0 Å². The van der Waals surface area contributed by atoms with Crippen molar-refractivity contribution >= 4 is 54.1 Å². The van der Waals surface area contributed by atoms with Gasteiger partial charge in [0.1, 0.15) is 11.4 Å². The second kappa shape index (κ2) is 15.1. The lowest BCUT2D eigenvalue weighted by atomic mass is 9.89. The van der Waals surface area contributed by atoms with Crippen molar-refractivity contribution in [2.24, 2.45) is 0 Å². The van der Waals surface area contributed by atoms with Crippen LogP contribution in [0.2, 0.25) is 0 Å². The fourth-order valence-corrected chi connectivity index (χ4v) is 10.0. The summed E-state index contributed by atoms with van der Waals surface area (Å²) in [7, 11) is 0. The SMILES string of the molecule is Fc1c(F)c(F)c(-n2c(-c3ccccc3)c(-c3ccccc3)c3cc4ccc5c6c(ccc(c46)c32)cc2c(-c3ccccc3)c(-c3ccccc3)n(-c3c(F)c(F)c(F)c(F)c3F)c25)c(F)c1F. The van der Waals surface area contributed by atoms with Crippen LogP contribution in [-0.2, 0) is 0 Å². The van der Waals surface area contributed by atoms with Gasteiger partial charge in [0.15, 0.2) is 46.5 Å². The molecule has 2 heterocycles. The van der Waals surface area contributed by atoms with E-state index in [1.54, 1.807) is 158 Å². The fraction of sp³-hybridized carbons (Fsp3) is 0. The summed E-state index contributed by atoms with van der Waals surface area (Å²) in [6.45, 7) is 0. The van der Waals surface area contributed by atoms with Crippen LogP contribution in [0.5, 0.6) is 0 Å². The van der Waals surface area contributed by atoms with Gasteiger partial charge in [-0.25, -0.2) is 43.9 Å². The molecule has 10 aromatic carbocycles.